The third-order valence-corrected chi connectivity index (χ3v) is 5.11. The van der Waals surface area contributed by atoms with Gasteiger partial charge in [-0.1, -0.05) is 65.2 Å². The summed E-state index contributed by atoms with van der Waals surface area (Å²) in [7, 11) is 0. The molecule has 158 valence electrons. The first-order valence-corrected chi connectivity index (χ1v) is 11.3. The van der Waals surface area contributed by atoms with Gasteiger partial charge in [-0.25, -0.2) is 0 Å². The maximum absolute atomic E-state index is 11.9. The van der Waals surface area contributed by atoms with Gasteiger partial charge in [0.2, 0.25) is 0 Å². The number of hydrogen-bond donors (Lipinski definition) is 0. The zero-order valence-corrected chi connectivity index (χ0v) is 18.2. The maximum atomic E-state index is 11.9. The Morgan fingerprint density at radius 1 is 0.793 bits per heavy atom. The lowest BCUT2D eigenvalue weighted by Gasteiger charge is -2.06. The lowest BCUT2D eigenvalue weighted by Crippen LogP contribution is -2.07. The summed E-state index contributed by atoms with van der Waals surface area (Å²) >= 11 is 0. The van der Waals surface area contributed by atoms with Crippen molar-refractivity contribution in [2.24, 2.45) is 0 Å². The van der Waals surface area contributed by atoms with Crippen molar-refractivity contribution in [3.8, 4) is 17.0 Å². The highest BCUT2D eigenvalue weighted by Gasteiger charge is 2.06. The van der Waals surface area contributed by atoms with Crippen LogP contribution in [0.15, 0.2) is 36.7 Å². The zero-order chi connectivity index (χ0) is 20.7. The van der Waals surface area contributed by atoms with Crippen LogP contribution in [-0.4, -0.2) is 15.9 Å². The molecule has 0 bridgehead atoms. The number of carbonyl (C=O) groups excluding carboxylic acids is 1. The lowest BCUT2D eigenvalue weighted by atomic mass is 10.1. The second-order valence-electron chi connectivity index (χ2n) is 7.72. The van der Waals surface area contributed by atoms with Crippen molar-refractivity contribution >= 4 is 5.97 Å². The number of esters is 1. The van der Waals surface area contributed by atoms with E-state index in [1.54, 1.807) is 0 Å². The second-order valence-corrected chi connectivity index (χ2v) is 7.72. The molecule has 2 aromatic rings. The highest BCUT2D eigenvalue weighted by atomic mass is 16.5. The maximum Gasteiger partial charge on any atom is 0.311 e. The van der Waals surface area contributed by atoms with Gasteiger partial charge in [-0.3, -0.25) is 14.8 Å². The van der Waals surface area contributed by atoms with Crippen LogP contribution >= 0.6 is 0 Å². The molecule has 2 rings (SSSR count). The van der Waals surface area contributed by atoms with Gasteiger partial charge in [-0.05, 0) is 43.5 Å². The van der Waals surface area contributed by atoms with Gasteiger partial charge in [-0.15, -0.1) is 0 Å². The number of benzene rings is 1. The number of aromatic nitrogens is 2. The van der Waals surface area contributed by atoms with Gasteiger partial charge in [0.25, 0.3) is 0 Å². The van der Waals surface area contributed by atoms with E-state index in [2.05, 4.69) is 23.8 Å². The van der Waals surface area contributed by atoms with E-state index >= 15 is 0 Å². The summed E-state index contributed by atoms with van der Waals surface area (Å²) in [5.41, 5.74) is 2.87. The minimum Gasteiger partial charge on any atom is -0.427 e. The number of unbranched alkanes of at least 4 members (excludes halogenated alkanes) is 8. The van der Waals surface area contributed by atoms with E-state index in [4.69, 9.17) is 4.74 Å². The molecule has 1 heterocycles. The van der Waals surface area contributed by atoms with Gasteiger partial charge in [0.15, 0.2) is 0 Å². The number of nitrogens with zero attached hydrogens (tertiary/aromatic N) is 2. The number of carbonyl (C=O) groups is 1. The van der Waals surface area contributed by atoms with Crippen LogP contribution in [0, 0.1) is 0 Å². The largest absolute Gasteiger partial charge is 0.427 e. The Balaban J connectivity index is 1.76. The molecular weight excluding hydrogens is 360 g/mol. The Hall–Kier alpha value is -2.23. The van der Waals surface area contributed by atoms with E-state index < -0.39 is 0 Å². The fraction of sp³-hybridized carbons (Fsp3) is 0.560. The predicted molar refractivity (Wildman–Crippen MR) is 119 cm³/mol. The van der Waals surface area contributed by atoms with E-state index in [-0.39, 0.29) is 5.97 Å². The van der Waals surface area contributed by atoms with Crippen LogP contribution in [0.5, 0.6) is 5.75 Å². The summed E-state index contributed by atoms with van der Waals surface area (Å²) in [6.07, 6.45) is 17.2. The Labute approximate surface area is 176 Å². The van der Waals surface area contributed by atoms with E-state index in [0.717, 1.165) is 36.2 Å². The predicted octanol–water partition coefficient (Wildman–Crippen LogP) is 6.92. The Bertz CT molecular complexity index is 696. The molecule has 0 aliphatic carbocycles. The van der Waals surface area contributed by atoms with Crippen molar-refractivity contribution in [1.82, 2.24) is 9.97 Å². The zero-order valence-electron chi connectivity index (χ0n) is 18.2. The number of ether oxygens (including phenoxy) is 1. The molecule has 0 N–H and O–H groups in total. The second kappa shape index (κ2) is 13.9. The number of hydrogen-bond acceptors (Lipinski definition) is 4. The van der Waals surface area contributed by atoms with Gasteiger partial charge < -0.3 is 4.74 Å². The van der Waals surface area contributed by atoms with Crippen LogP contribution in [0.3, 0.4) is 0 Å². The molecule has 4 nitrogen and oxygen atoms in total. The molecule has 0 radical (unpaired) electrons. The van der Waals surface area contributed by atoms with E-state index in [1.165, 1.54) is 51.4 Å². The molecule has 0 atom stereocenters. The van der Waals surface area contributed by atoms with Gasteiger partial charge in [0.05, 0.1) is 17.6 Å². The van der Waals surface area contributed by atoms with Gasteiger partial charge in [0, 0.05) is 18.2 Å². The highest BCUT2D eigenvalue weighted by Crippen LogP contribution is 2.21. The van der Waals surface area contributed by atoms with Crippen molar-refractivity contribution in [3.05, 3.63) is 42.4 Å². The van der Waals surface area contributed by atoms with Gasteiger partial charge in [0.1, 0.15) is 5.75 Å². The SMILES string of the molecule is CCCCCCCCc1cnc(-c2ccc(OC(=O)CCCCCC)cc2)cn1. The molecule has 0 saturated heterocycles. The molecule has 0 fully saturated rings. The van der Waals surface area contributed by atoms with Crippen LogP contribution < -0.4 is 4.74 Å². The van der Waals surface area contributed by atoms with Gasteiger partial charge in [-0.2, -0.15) is 0 Å². The summed E-state index contributed by atoms with van der Waals surface area (Å²) in [5, 5.41) is 0. The van der Waals surface area contributed by atoms with Crippen LogP contribution in [0.25, 0.3) is 11.3 Å². The van der Waals surface area contributed by atoms with Crippen LogP contribution in [0.2, 0.25) is 0 Å². The average molecular weight is 397 g/mol. The topological polar surface area (TPSA) is 52.1 Å². The first-order valence-electron chi connectivity index (χ1n) is 11.3. The lowest BCUT2D eigenvalue weighted by molar-refractivity contribution is -0.134. The quantitative estimate of drug-likeness (QED) is 0.197. The first-order chi connectivity index (χ1) is 14.2. The van der Waals surface area contributed by atoms with E-state index in [1.807, 2.05) is 36.7 Å². The molecule has 0 aliphatic rings. The average Bonchev–Trinajstić information content (AvgIpc) is 2.75. The molecular formula is C25H36N2O2. The van der Waals surface area contributed by atoms with Crippen molar-refractivity contribution in [1.29, 1.82) is 0 Å². The molecule has 0 aliphatic heterocycles. The van der Waals surface area contributed by atoms with Crippen molar-refractivity contribution in [2.45, 2.75) is 90.9 Å². The molecule has 0 amide bonds. The first kappa shape index (κ1) is 23.1. The summed E-state index contributed by atoms with van der Waals surface area (Å²) < 4.78 is 5.41. The molecule has 1 aromatic carbocycles. The van der Waals surface area contributed by atoms with Crippen LogP contribution in [-0.2, 0) is 11.2 Å². The Morgan fingerprint density at radius 2 is 1.45 bits per heavy atom. The third-order valence-electron chi connectivity index (χ3n) is 5.11. The highest BCUT2D eigenvalue weighted by molar-refractivity contribution is 5.72. The molecule has 29 heavy (non-hydrogen) atoms. The molecule has 0 unspecified atom stereocenters. The summed E-state index contributed by atoms with van der Waals surface area (Å²) in [6, 6.07) is 7.50. The van der Waals surface area contributed by atoms with Crippen molar-refractivity contribution in [2.75, 3.05) is 0 Å². The fourth-order valence-corrected chi connectivity index (χ4v) is 3.29. The van der Waals surface area contributed by atoms with E-state index in [9.17, 15) is 4.79 Å². The van der Waals surface area contributed by atoms with Gasteiger partial charge >= 0.3 is 5.97 Å². The van der Waals surface area contributed by atoms with Crippen LogP contribution in [0.4, 0.5) is 0 Å². The monoisotopic (exact) mass is 396 g/mol. The fourth-order valence-electron chi connectivity index (χ4n) is 3.29. The summed E-state index contributed by atoms with van der Waals surface area (Å²) in [5.74, 6) is 0.426. The number of rotatable bonds is 14. The third kappa shape index (κ3) is 9.21. The number of aryl methyl sites for hydroxylation is 1. The van der Waals surface area contributed by atoms with Crippen molar-refractivity contribution in [3.63, 3.8) is 0 Å². The standard InChI is InChI=1S/C25H36N2O2/c1-3-5-7-9-10-11-13-22-19-27-24(20-26-22)21-15-17-23(18-16-21)29-25(28)14-12-8-6-4-2/h15-20H,3-14H2,1-2H3. The molecule has 0 saturated carbocycles. The summed E-state index contributed by atoms with van der Waals surface area (Å²) in [6.45, 7) is 4.40. The molecule has 4 heteroatoms. The van der Waals surface area contributed by atoms with Crippen molar-refractivity contribution < 1.29 is 9.53 Å². The Morgan fingerprint density at radius 3 is 2.10 bits per heavy atom. The van der Waals surface area contributed by atoms with Crippen LogP contribution in [0.1, 0.15) is 90.2 Å². The van der Waals surface area contributed by atoms with E-state index in [0.29, 0.717) is 12.2 Å². The minimum absolute atomic E-state index is 0.160. The molecule has 0 spiro atoms. The minimum atomic E-state index is -0.160. The molecule has 1 aromatic heterocycles. The summed E-state index contributed by atoms with van der Waals surface area (Å²) in [4.78, 5) is 21.0. The Kier molecular flexibility index (Phi) is 11.0. The smallest absolute Gasteiger partial charge is 0.311 e. The normalized spacial score (nSPS) is 10.8.